The number of hydrogen-bond donors (Lipinski definition) is 2. The van der Waals surface area contributed by atoms with E-state index in [1.165, 1.54) is 0 Å². The van der Waals surface area contributed by atoms with E-state index < -0.39 is 0 Å². The number of likely N-dealkylation sites (N-methyl/N-ethyl adjacent to an activating group) is 1. The molecule has 9 heteroatoms. The van der Waals surface area contributed by atoms with Crippen LogP contribution in [0.15, 0.2) is 30.3 Å². The van der Waals surface area contributed by atoms with Gasteiger partial charge in [-0.3, -0.25) is 0 Å². The molecule has 1 aromatic carbocycles. The number of nitrogens with zero attached hydrogens (tertiary/aromatic N) is 4. The number of benzene rings is 1. The largest absolute Gasteiger partial charge is 0.368 e. The fourth-order valence-electron chi connectivity index (χ4n) is 2.76. The van der Waals surface area contributed by atoms with Crippen LogP contribution in [0.1, 0.15) is 12.0 Å². The molecule has 1 atom stereocenters. The highest BCUT2D eigenvalue weighted by Crippen LogP contribution is 2.27. The SMILES string of the molecule is CNC1CCN(c2cc(-c3ccccc3C#N)nc(N)n2)C1.Cl.Cl.Cl. The molecule has 0 bridgehead atoms. The standard InChI is InChI=1S/C16H18N6.3ClH/c1-19-12-6-7-22(10-12)15-8-14(20-16(18)21-15)13-5-3-2-4-11(13)9-17;;;/h2-5,8,12,19H,6-7,10H2,1H3,(H2,18,20,21);3*1H. The fourth-order valence-corrected chi connectivity index (χ4v) is 2.76. The van der Waals surface area contributed by atoms with Crippen LogP contribution in [0.25, 0.3) is 11.3 Å². The monoisotopic (exact) mass is 402 g/mol. The Balaban J connectivity index is 0.00000192. The van der Waals surface area contributed by atoms with E-state index in [0.717, 1.165) is 30.9 Å². The molecule has 0 radical (unpaired) electrons. The molecule has 6 nitrogen and oxygen atoms in total. The van der Waals surface area contributed by atoms with Gasteiger partial charge in [0.1, 0.15) is 5.82 Å². The summed E-state index contributed by atoms with van der Waals surface area (Å²) in [4.78, 5) is 10.8. The number of halogens is 3. The number of nitriles is 1. The van der Waals surface area contributed by atoms with Crippen molar-refractivity contribution in [3.05, 3.63) is 35.9 Å². The normalized spacial score (nSPS) is 15.4. The second-order valence-electron chi connectivity index (χ2n) is 5.35. The Morgan fingerprint density at radius 3 is 2.60 bits per heavy atom. The summed E-state index contributed by atoms with van der Waals surface area (Å²) in [5.74, 6) is 1.04. The summed E-state index contributed by atoms with van der Waals surface area (Å²) in [7, 11) is 1.97. The first kappa shape index (κ1) is 23.2. The van der Waals surface area contributed by atoms with Crippen molar-refractivity contribution < 1.29 is 0 Å². The number of aromatic nitrogens is 2. The highest BCUT2D eigenvalue weighted by molar-refractivity contribution is 5.86. The van der Waals surface area contributed by atoms with Crippen molar-refractivity contribution in [2.24, 2.45) is 0 Å². The molecule has 1 aliphatic rings. The van der Waals surface area contributed by atoms with Gasteiger partial charge in [0.2, 0.25) is 5.95 Å². The maximum atomic E-state index is 9.25. The van der Waals surface area contributed by atoms with Crippen LogP contribution in [0.5, 0.6) is 0 Å². The van der Waals surface area contributed by atoms with Crippen molar-refractivity contribution in [1.82, 2.24) is 15.3 Å². The van der Waals surface area contributed by atoms with Gasteiger partial charge in [0.05, 0.1) is 17.3 Å². The Bertz CT molecular complexity index is 734. The Kier molecular flexibility index (Phi) is 9.53. The molecule has 1 aromatic heterocycles. The van der Waals surface area contributed by atoms with Gasteiger partial charge in [-0.05, 0) is 19.5 Å². The molecule has 1 unspecified atom stereocenters. The van der Waals surface area contributed by atoms with Gasteiger partial charge >= 0.3 is 0 Å². The summed E-state index contributed by atoms with van der Waals surface area (Å²) in [6, 6.07) is 12.0. The molecule has 3 N–H and O–H groups in total. The van der Waals surface area contributed by atoms with Crippen molar-refractivity contribution in [1.29, 1.82) is 5.26 Å². The molecular formula is C16H21Cl3N6. The van der Waals surface area contributed by atoms with E-state index in [1.54, 1.807) is 6.07 Å². The third kappa shape index (κ3) is 5.10. The smallest absolute Gasteiger partial charge is 0.222 e. The molecule has 3 rings (SSSR count). The molecule has 1 aliphatic heterocycles. The molecule has 2 aromatic rings. The molecular weight excluding hydrogens is 383 g/mol. The van der Waals surface area contributed by atoms with Crippen LogP contribution in [0.4, 0.5) is 11.8 Å². The third-order valence-electron chi connectivity index (χ3n) is 3.97. The second kappa shape index (κ2) is 10.3. The predicted octanol–water partition coefficient (Wildman–Crippen LogP) is 2.66. The molecule has 1 saturated heterocycles. The molecule has 0 spiro atoms. The molecule has 1 fully saturated rings. The van der Waals surface area contributed by atoms with E-state index in [9.17, 15) is 5.26 Å². The Hall–Kier alpha value is -1.78. The Morgan fingerprint density at radius 2 is 1.96 bits per heavy atom. The van der Waals surface area contributed by atoms with E-state index in [-0.39, 0.29) is 43.2 Å². The van der Waals surface area contributed by atoms with Crippen LogP contribution < -0.4 is 16.0 Å². The summed E-state index contributed by atoms with van der Waals surface area (Å²) in [6.07, 6.45) is 1.07. The predicted molar refractivity (Wildman–Crippen MR) is 108 cm³/mol. The van der Waals surface area contributed by atoms with Crippen molar-refractivity contribution in [3.8, 4) is 17.3 Å². The van der Waals surface area contributed by atoms with Crippen LogP contribution in [0.3, 0.4) is 0 Å². The second-order valence-corrected chi connectivity index (χ2v) is 5.35. The first-order valence-corrected chi connectivity index (χ1v) is 7.27. The van der Waals surface area contributed by atoms with Gasteiger partial charge in [-0.2, -0.15) is 10.2 Å². The van der Waals surface area contributed by atoms with E-state index >= 15 is 0 Å². The summed E-state index contributed by atoms with van der Waals surface area (Å²) < 4.78 is 0. The maximum Gasteiger partial charge on any atom is 0.222 e. The van der Waals surface area contributed by atoms with Gasteiger partial charge in [0.15, 0.2) is 0 Å². The third-order valence-corrected chi connectivity index (χ3v) is 3.97. The first-order valence-electron chi connectivity index (χ1n) is 7.27. The average Bonchev–Trinajstić information content (AvgIpc) is 3.03. The summed E-state index contributed by atoms with van der Waals surface area (Å²) in [6.45, 7) is 1.83. The lowest BCUT2D eigenvalue weighted by Crippen LogP contribution is -2.30. The highest BCUT2D eigenvalue weighted by atomic mass is 35.5. The maximum absolute atomic E-state index is 9.25. The van der Waals surface area contributed by atoms with Gasteiger partial charge < -0.3 is 16.0 Å². The molecule has 2 heterocycles. The zero-order valence-electron chi connectivity index (χ0n) is 13.7. The Morgan fingerprint density at radius 1 is 1.24 bits per heavy atom. The van der Waals surface area contributed by atoms with Gasteiger partial charge in [0.25, 0.3) is 0 Å². The minimum absolute atomic E-state index is 0. The van der Waals surface area contributed by atoms with E-state index in [0.29, 0.717) is 17.3 Å². The Labute approximate surface area is 166 Å². The lowest BCUT2D eigenvalue weighted by atomic mass is 10.1. The van der Waals surface area contributed by atoms with Crippen LogP contribution in [-0.4, -0.2) is 36.1 Å². The molecule has 25 heavy (non-hydrogen) atoms. The van der Waals surface area contributed by atoms with E-state index in [4.69, 9.17) is 5.73 Å². The van der Waals surface area contributed by atoms with Crippen LogP contribution >= 0.6 is 37.2 Å². The summed E-state index contributed by atoms with van der Waals surface area (Å²) in [5.41, 5.74) is 7.93. The van der Waals surface area contributed by atoms with Gasteiger partial charge in [-0.1, -0.05) is 18.2 Å². The van der Waals surface area contributed by atoms with Gasteiger partial charge in [0, 0.05) is 30.8 Å². The molecule has 136 valence electrons. The quantitative estimate of drug-likeness (QED) is 0.818. The van der Waals surface area contributed by atoms with Crippen LogP contribution in [0, 0.1) is 11.3 Å². The minimum Gasteiger partial charge on any atom is -0.368 e. The zero-order chi connectivity index (χ0) is 15.5. The zero-order valence-corrected chi connectivity index (χ0v) is 16.1. The highest BCUT2D eigenvalue weighted by Gasteiger charge is 2.23. The summed E-state index contributed by atoms with van der Waals surface area (Å²) in [5, 5.41) is 12.5. The fraction of sp³-hybridized carbons (Fsp3) is 0.312. The van der Waals surface area contributed by atoms with Crippen molar-refractivity contribution in [2.75, 3.05) is 30.8 Å². The average molecular weight is 404 g/mol. The molecule has 0 aliphatic carbocycles. The lowest BCUT2D eigenvalue weighted by Gasteiger charge is -2.18. The number of hydrogen-bond acceptors (Lipinski definition) is 6. The number of nitrogens with one attached hydrogen (secondary N) is 1. The van der Waals surface area contributed by atoms with Crippen LogP contribution in [0.2, 0.25) is 0 Å². The summed E-state index contributed by atoms with van der Waals surface area (Å²) >= 11 is 0. The number of nitrogens with two attached hydrogens (primary N) is 1. The van der Waals surface area contributed by atoms with Crippen molar-refractivity contribution >= 4 is 49.0 Å². The topological polar surface area (TPSA) is 90.9 Å². The number of anilines is 2. The number of nitrogen functional groups attached to an aromatic ring is 1. The number of rotatable bonds is 3. The molecule has 0 amide bonds. The van der Waals surface area contributed by atoms with Crippen molar-refractivity contribution in [2.45, 2.75) is 12.5 Å². The van der Waals surface area contributed by atoms with Crippen molar-refractivity contribution in [3.63, 3.8) is 0 Å². The molecule has 0 saturated carbocycles. The minimum atomic E-state index is 0. The van der Waals surface area contributed by atoms with E-state index in [2.05, 4.69) is 26.3 Å². The van der Waals surface area contributed by atoms with Crippen LogP contribution in [-0.2, 0) is 0 Å². The first-order chi connectivity index (χ1) is 10.7. The van der Waals surface area contributed by atoms with E-state index in [1.807, 2.05) is 31.3 Å². The van der Waals surface area contributed by atoms with Gasteiger partial charge in [-0.15, -0.1) is 37.2 Å². The lowest BCUT2D eigenvalue weighted by molar-refractivity contribution is 0.616. The van der Waals surface area contributed by atoms with Gasteiger partial charge in [-0.25, -0.2) is 4.98 Å².